The Hall–Kier alpha value is -1.44. The summed E-state index contributed by atoms with van der Waals surface area (Å²) in [5.74, 6) is 0.888. The largest absolute Gasteiger partial charge is 0.472 e. The third kappa shape index (κ3) is 0.963. The zero-order chi connectivity index (χ0) is 7.68. The van der Waals surface area contributed by atoms with Gasteiger partial charge in [0.15, 0.2) is 0 Å². The fraction of sp³-hybridized carbons (Fsp3) is 0.111. The normalized spacial score (nSPS) is 10.3. The topological polar surface area (TPSA) is 26.3 Å². The summed E-state index contributed by atoms with van der Waals surface area (Å²) in [4.78, 5) is 0. The first kappa shape index (κ1) is 6.28. The van der Waals surface area contributed by atoms with E-state index in [1.807, 2.05) is 19.1 Å². The Balaban J connectivity index is 2.53. The van der Waals surface area contributed by atoms with Crippen molar-refractivity contribution in [1.29, 1.82) is 0 Å². The van der Waals surface area contributed by atoms with E-state index in [-0.39, 0.29) is 0 Å². The summed E-state index contributed by atoms with van der Waals surface area (Å²) in [6.45, 7) is 2.01. The highest BCUT2D eigenvalue weighted by Gasteiger charge is 2.04. The highest BCUT2D eigenvalue weighted by atomic mass is 16.3. The monoisotopic (exact) mass is 148 g/mol. The van der Waals surface area contributed by atoms with Crippen molar-refractivity contribution in [1.82, 2.24) is 0 Å². The lowest BCUT2D eigenvalue weighted by Gasteiger charge is -1.89. The number of hydrogen-bond donors (Lipinski definition) is 0. The van der Waals surface area contributed by atoms with Crippen LogP contribution < -0.4 is 0 Å². The minimum atomic E-state index is 0.888. The maximum atomic E-state index is 5.25. The van der Waals surface area contributed by atoms with Crippen LogP contribution in [0.2, 0.25) is 0 Å². The van der Waals surface area contributed by atoms with Crippen molar-refractivity contribution < 1.29 is 8.83 Å². The molecule has 11 heavy (non-hydrogen) atoms. The lowest BCUT2D eigenvalue weighted by atomic mass is 10.2. The van der Waals surface area contributed by atoms with Gasteiger partial charge in [-0.3, -0.25) is 0 Å². The first-order chi connectivity index (χ1) is 5.38. The van der Waals surface area contributed by atoms with Crippen LogP contribution in [-0.4, -0.2) is 0 Å². The van der Waals surface area contributed by atoms with Gasteiger partial charge >= 0.3 is 0 Å². The van der Waals surface area contributed by atoms with Gasteiger partial charge in [-0.1, -0.05) is 0 Å². The Kier molecular flexibility index (Phi) is 1.32. The van der Waals surface area contributed by atoms with Crippen LogP contribution in [-0.2, 0) is 0 Å². The molecule has 0 N–H and O–H groups in total. The molecule has 0 aromatic carbocycles. The molecule has 0 fully saturated rings. The molecule has 0 amide bonds. The Morgan fingerprint density at radius 2 is 2.09 bits per heavy atom. The Labute approximate surface area is 64.4 Å². The first-order valence-electron chi connectivity index (χ1n) is 3.44. The molecule has 56 valence electrons. The van der Waals surface area contributed by atoms with Crippen molar-refractivity contribution in [2.75, 3.05) is 0 Å². The minimum Gasteiger partial charge on any atom is -0.472 e. The van der Waals surface area contributed by atoms with Crippen LogP contribution in [0, 0.1) is 6.92 Å². The van der Waals surface area contributed by atoms with Gasteiger partial charge in [0.25, 0.3) is 0 Å². The van der Waals surface area contributed by atoms with E-state index in [2.05, 4.69) is 0 Å². The van der Waals surface area contributed by atoms with Crippen LogP contribution in [0.1, 0.15) is 5.56 Å². The smallest absolute Gasteiger partial charge is 0.139 e. The van der Waals surface area contributed by atoms with Crippen LogP contribution in [0.25, 0.3) is 11.3 Å². The van der Waals surface area contributed by atoms with Gasteiger partial charge in [-0.2, -0.15) is 0 Å². The lowest BCUT2D eigenvalue weighted by Crippen LogP contribution is -1.70. The molecule has 0 aliphatic rings. The standard InChI is InChI=1S/C9H8O2/c1-7-2-5-11-9(7)8-3-4-10-6-8/h2-6H,1H3. The molecule has 0 atom stereocenters. The molecule has 2 rings (SSSR count). The summed E-state index contributed by atoms with van der Waals surface area (Å²) >= 11 is 0. The van der Waals surface area contributed by atoms with Crippen molar-refractivity contribution in [3.05, 3.63) is 36.5 Å². The van der Waals surface area contributed by atoms with Gasteiger partial charge in [-0.15, -0.1) is 0 Å². The molecule has 0 unspecified atom stereocenters. The van der Waals surface area contributed by atoms with Crippen LogP contribution in [0.3, 0.4) is 0 Å². The van der Waals surface area contributed by atoms with Crippen LogP contribution in [0.15, 0.2) is 39.8 Å². The van der Waals surface area contributed by atoms with Crippen molar-refractivity contribution in [2.24, 2.45) is 0 Å². The number of furan rings is 2. The number of rotatable bonds is 1. The Bertz CT molecular complexity index is 330. The van der Waals surface area contributed by atoms with E-state index < -0.39 is 0 Å². The van der Waals surface area contributed by atoms with E-state index in [0.717, 1.165) is 16.9 Å². The van der Waals surface area contributed by atoms with E-state index in [9.17, 15) is 0 Å². The fourth-order valence-electron chi connectivity index (χ4n) is 1.06. The molecule has 0 saturated heterocycles. The molecule has 0 saturated carbocycles. The molecule has 0 bridgehead atoms. The molecule has 2 nitrogen and oxygen atoms in total. The van der Waals surface area contributed by atoms with Crippen molar-refractivity contribution in [3.63, 3.8) is 0 Å². The maximum Gasteiger partial charge on any atom is 0.139 e. The highest BCUT2D eigenvalue weighted by molar-refractivity contribution is 5.59. The molecule has 0 aliphatic carbocycles. The van der Waals surface area contributed by atoms with Gasteiger partial charge in [-0.05, 0) is 24.6 Å². The van der Waals surface area contributed by atoms with Crippen molar-refractivity contribution in [3.8, 4) is 11.3 Å². The van der Waals surface area contributed by atoms with Gasteiger partial charge in [0.2, 0.25) is 0 Å². The average Bonchev–Trinajstić information content (AvgIpc) is 2.55. The molecule has 0 aliphatic heterocycles. The third-order valence-electron chi connectivity index (χ3n) is 1.65. The summed E-state index contributed by atoms with van der Waals surface area (Å²) in [5.41, 5.74) is 2.12. The van der Waals surface area contributed by atoms with E-state index in [1.165, 1.54) is 0 Å². The minimum absolute atomic E-state index is 0.888. The van der Waals surface area contributed by atoms with E-state index in [4.69, 9.17) is 8.83 Å². The molecule has 2 aromatic heterocycles. The second-order valence-corrected chi connectivity index (χ2v) is 2.44. The second-order valence-electron chi connectivity index (χ2n) is 2.44. The van der Waals surface area contributed by atoms with Gasteiger partial charge in [0.1, 0.15) is 12.0 Å². The highest BCUT2D eigenvalue weighted by Crippen LogP contribution is 2.23. The van der Waals surface area contributed by atoms with Crippen molar-refractivity contribution in [2.45, 2.75) is 6.92 Å². The van der Waals surface area contributed by atoms with Crippen LogP contribution >= 0.6 is 0 Å². The maximum absolute atomic E-state index is 5.25. The molecule has 2 aromatic rings. The van der Waals surface area contributed by atoms with E-state index in [1.54, 1.807) is 18.8 Å². The Morgan fingerprint density at radius 3 is 2.64 bits per heavy atom. The van der Waals surface area contributed by atoms with Gasteiger partial charge in [0.05, 0.1) is 18.1 Å². The number of hydrogen-bond acceptors (Lipinski definition) is 2. The van der Waals surface area contributed by atoms with Crippen LogP contribution in [0.5, 0.6) is 0 Å². The van der Waals surface area contributed by atoms with Gasteiger partial charge < -0.3 is 8.83 Å². The van der Waals surface area contributed by atoms with Crippen molar-refractivity contribution >= 4 is 0 Å². The SMILES string of the molecule is Cc1ccoc1-c1ccoc1. The zero-order valence-electron chi connectivity index (χ0n) is 6.20. The van der Waals surface area contributed by atoms with Gasteiger partial charge in [-0.25, -0.2) is 0 Å². The zero-order valence-corrected chi connectivity index (χ0v) is 6.20. The first-order valence-corrected chi connectivity index (χ1v) is 3.44. The second kappa shape index (κ2) is 2.31. The van der Waals surface area contributed by atoms with E-state index >= 15 is 0 Å². The summed E-state index contributed by atoms with van der Waals surface area (Å²) in [6, 6.07) is 3.81. The average molecular weight is 148 g/mol. The fourth-order valence-corrected chi connectivity index (χ4v) is 1.06. The summed E-state index contributed by atoms with van der Waals surface area (Å²) in [6.07, 6.45) is 4.99. The molecule has 2 heteroatoms. The summed E-state index contributed by atoms with van der Waals surface area (Å²) in [7, 11) is 0. The molecule has 0 radical (unpaired) electrons. The molecule has 2 heterocycles. The summed E-state index contributed by atoms with van der Waals surface area (Å²) in [5, 5.41) is 0. The van der Waals surface area contributed by atoms with E-state index in [0.29, 0.717) is 0 Å². The predicted octanol–water partition coefficient (Wildman–Crippen LogP) is 2.85. The third-order valence-corrected chi connectivity index (χ3v) is 1.65. The van der Waals surface area contributed by atoms with Crippen LogP contribution in [0.4, 0.5) is 0 Å². The predicted molar refractivity (Wildman–Crippen MR) is 41.1 cm³/mol. The molecule has 0 spiro atoms. The summed E-state index contributed by atoms with van der Waals surface area (Å²) < 4.78 is 10.2. The molecular weight excluding hydrogens is 140 g/mol. The number of aryl methyl sites for hydroxylation is 1. The molecular formula is C9H8O2. The van der Waals surface area contributed by atoms with Gasteiger partial charge in [0, 0.05) is 0 Å². The Morgan fingerprint density at radius 1 is 1.18 bits per heavy atom. The lowest BCUT2D eigenvalue weighted by molar-refractivity contribution is 0.559. The quantitative estimate of drug-likeness (QED) is 0.621.